The zero-order chi connectivity index (χ0) is 14.1. The van der Waals surface area contributed by atoms with Gasteiger partial charge >= 0.3 is 5.97 Å². The highest BCUT2D eigenvalue weighted by Crippen LogP contribution is 2.41. The molecule has 6 heteroatoms. The van der Waals surface area contributed by atoms with E-state index in [1.807, 2.05) is 0 Å². The van der Waals surface area contributed by atoms with E-state index in [2.05, 4.69) is 15.9 Å². The van der Waals surface area contributed by atoms with Crippen LogP contribution < -0.4 is 5.73 Å². The Morgan fingerprint density at radius 1 is 1.56 bits per heavy atom. The third-order valence-corrected chi connectivity index (χ3v) is 3.70. The average Bonchev–Trinajstić information content (AvgIpc) is 2.31. The van der Waals surface area contributed by atoms with Crippen LogP contribution in [0.1, 0.15) is 25.5 Å². The molecule has 1 aromatic carbocycles. The molecule has 0 saturated heterocycles. The average molecular weight is 337 g/mol. The van der Waals surface area contributed by atoms with Crippen molar-refractivity contribution in [2.45, 2.75) is 19.9 Å². The number of phenols is 1. The molecule has 1 rings (SSSR count). The molecule has 0 bridgehead atoms. The number of halogens is 2. The minimum Gasteiger partial charge on any atom is -0.506 e. The molecule has 0 fully saturated rings. The SMILES string of the molecule is COC(=O)C(C)(C)[C@@H](N)c1cc(Cl)cc(Br)c1O. The van der Waals surface area contributed by atoms with Crippen molar-refractivity contribution >= 4 is 33.5 Å². The summed E-state index contributed by atoms with van der Waals surface area (Å²) in [5.41, 5.74) is 5.47. The lowest BCUT2D eigenvalue weighted by molar-refractivity contribution is -0.152. The van der Waals surface area contributed by atoms with Crippen molar-refractivity contribution in [3.05, 3.63) is 27.2 Å². The van der Waals surface area contributed by atoms with Crippen molar-refractivity contribution in [2.75, 3.05) is 7.11 Å². The second kappa shape index (κ2) is 5.47. The summed E-state index contributed by atoms with van der Waals surface area (Å²) in [6, 6.07) is 2.36. The maximum atomic E-state index is 11.7. The van der Waals surface area contributed by atoms with Gasteiger partial charge in [-0.1, -0.05) is 11.6 Å². The molecule has 0 radical (unpaired) electrons. The molecule has 0 aromatic heterocycles. The quantitative estimate of drug-likeness (QED) is 0.832. The molecule has 0 aliphatic heterocycles. The molecule has 0 spiro atoms. The Kier molecular flexibility index (Phi) is 4.64. The highest BCUT2D eigenvalue weighted by Gasteiger charge is 2.38. The highest BCUT2D eigenvalue weighted by atomic mass is 79.9. The first kappa shape index (κ1) is 15.3. The number of methoxy groups -OCH3 is 1. The van der Waals surface area contributed by atoms with Crippen LogP contribution in [0.4, 0.5) is 0 Å². The van der Waals surface area contributed by atoms with Gasteiger partial charge in [-0.05, 0) is 41.9 Å². The highest BCUT2D eigenvalue weighted by molar-refractivity contribution is 9.10. The molecule has 0 amide bonds. The lowest BCUT2D eigenvalue weighted by Gasteiger charge is -2.29. The molecule has 1 atom stereocenters. The van der Waals surface area contributed by atoms with Gasteiger partial charge in [0.1, 0.15) is 5.75 Å². The number of carbonyl (C=O) groups is 1. The molecule has 4 nitrogen and oxygen atoms in total. The summed E-state index contributed by atoms with van der Waals surface area (Å²) >= 11 is 9.10. The van der Waals surface area contributed by atoms with E-state index in [9.17, 15) is 9.90 Å². The van der Waals surface area contributed by atoms with Crippen LogP contribution in [0.15, 0.2) is 16.6 Å². The third-order valence-electron chi connectivity index (χ3n) is 2.88. The molecule has 0 saturated carbocycles. The first-order valence-corrected chi connectivity index (χ1v) is 6.40. The largest absolute Gasteiger partial charge is 0.506 e. The summed E-state index contributed by atoms with van der Waals surface area (Å²) in [4.78, 5) is 11.7. The Bertz CT molecular complexity index is 477. The van der Waals surface area contributed by atoms with Gasteiger partial charge in [0, 0.05) is 16.6 Å². The summed E-state index contributed by atoms with van der Waals surface area (Å²) in [5, 5.41) is 10.4. The van der Waals surface area contributed by atoms with E-state index in [1.165, 1.54) is 13.2 Å². The van der Waals surface area contributed by atoms with Gasteiger partial charge in [-0.2, -0.15) is 0 Å². The predicted octanol–water partition coefficient (Wildman–Crippen LogP) is 3.01. The fourth-order valence-electron chi connectivity index (χ4n) is 1.60. The predicted molar refractivity (Wildman–Crippen MR) is 73.5 cm³/mol. The first-order chi connectivity index (χ1) is 8.21. The minimum atomic E-state index is -0.976. The molecule has 0 aliphatic carbocycles. The number of benzene rings is 1. The van der Waals surface area contributed by atoms with E-state index in [0.29, 0.717) is 15.1 Å². The zero-order valence-electron chi connectivity index (χ0n) is 10.3. The minimum absolute atomic E-state index is 0.0242. The molecule has 0 heterocycles. The van der Waals surface area contributed by atoms with E-state index in [4.69, 9.17) is 22.1 Å². The van der Waals surface area contributed by atoms with Crippen molar-refractivity contribution in [1.82, 2.24) is 0 Å². The fraction of sp³-hybridized carbons (Fsp3) is 0.417. The molecule has 0 unspecified atom stereocenters. The van der Waals surface area contributed by atoms with Crippen molar-refractivity contribution in [3.63, 3.8) is 0 Å². The number of hydrogen-bond acceptors (Lipinski definition) is 4. The number of nitrogens with two attached hydrogens (primary N) is 1. The lowest BCUT2D eigenvalue weighted by atomic mass is 9.81. The topological polar surface area (TPSA) is 72.5 Å². The summed E-state index contributed by atoms with van der Waals surface area (Å²) in [6.45, 7) is 3.30. The smallest absolute Gasteiger partial charge is 0.313 e. The maximum absolute atomic E-state index is 11.7. The van der Waals surface area contributed by atoms with Gasteiger partial charge in [-0.25, -0.2) is 0 Å². The van der Waals surface area contributed by atoms with E-state index in [-0.39, 0.29) is 5.75 Å². The van der Waals surface area contributed by atoms with Crippen LogP contribution >= 0.6 is 27.5 Å². The summed E-state index contributed by atoms with van der Waals surface area (Å²) in [6.07, 6.45) is 0. The van der Waals surface area contributed by atoms with Gasteiger partial charge < -0.3 is 15.6 Å². The summed E-state index contributed by atoms with van der Waals surface area (Å²) in [5.74, 6) is -0.477. The van der Waals surface area contributed by atoms with Gasteiger partial charge in [-0.3, -0.25) is 4.79 Å². The number of phenolic OH excluding ortho intramolecular Hbond substituents is 1. The molecule has 100 valence electrons. The van der Waals surface area contributed by atoms with Gasteiger partial charge in [0.25, 0.3) is 0 Å². The second-order valence-electron chi connectivity index (χ2n) is 4.52. The molecule has 1 aromatic rings. The number of aromatic hydroxyl groups is 1. The maximum Gasteiger partial charge on any atom is 0.313 e. The Balaban J connectivity index is 3.26. The Morgan fingerprint density at radius 2 is 2.11 bits per heavy atom. The van der Waals surface area contributed by atoms with E-state index >= 15 is 0 Å². The van der Waals surface area contributed by atoms with Crippen LogP contribution in [-0.2, 0) is 9.53 Å². The molecule has 0 aliphatic rings. The van der Waals surface area contributed by atoms with Gasteiger partial charge in [0.2, 0.25) is 0 Å². The monoisotopic (exact) mass is 335 g/mol. The third kappa shape index (κ3) is 2.79. The summed E-state index contributed by atoms with van der Waals surface area (Å²) < 4.78 is 5.14. The van der Waals surface area contributed by atoms with E-state index < -0.39 is 17.4 Å². The second-order valence-corrected chi connectivity index (χ2v) is 5.81. The van der Waals surface area contributed by atoms with E-state index in [1.54, 1.807) is 19.9 Å². The molecule has 18 heavy (non-hydrogen) atoms. The van der Waals surface area contributed by atoms with Crippen molar-refractivity contribution in [2.24, 2.45) is 11.1 Å². The van der Waals surface area contributed by atoms with Crippen LogP contribution in [0.2, 0.25) is 5.02 Å². The van der Waals surface area contributed by atoms with Crippen LogP contribution in [-0.4, -0.2) is 18.2 Å². The molecular weight excluding hydrogens is 321 g/mol. The van der Waals surface area contributed by atoms with Gasteiger partial charge in [-0.15, -0.1) is 0 Å². The van der Waals surface area contributed by atoms with Crippen molar-refractivity contribution in [1.29, 1.82) is 0 Å². The van der Waals surface area contributed by atoms with Gasteiger partial charge in [0.05, 0.1) is 17.0 Å². The van der Waals surface area contributed by atoms with Gasteiger partial charge in [0.15, 0.2) is 0 Å². The van der Waals surface area contributed by atoms with Crippen LogP contribution in [0, 0.1) is 5.41 Å². The number of rotatable bonds is 3. The van der Waals surface area contributed by atoms with Crippen LogP contribution in [0.3, 0.4) is 0 Å². The zero-order valence-corrected chi connectivity index (χ0v) is 12.7. The number of carbonyl (C=O) groups excluding carboxylic acids is 1. The lowest BCUT2D eigenvalue weighted by Crippen LogP contribution is -2.37. The standard InChI is InChI=1S/C12H15BrClNO3/c1-12(2,11(17)18-3)10(15)7-4-6(14)5-8(13)9(7)16/h4-5,10,16H,15H2,1-3H3/t10-/m0/s1. The molecule has 3 N–H and O–H groups in total. The van der Waals surface area contributed by atoms with Crippen molar-refractivity contribution < 1.29 is 14.6 Å². The Morgan fingerprint density at radius 3 is 2.61 bits per heavy atom. The first-order valence-electron chi connectivity index (χ1n) is 5.23. The normalized spacial score (nSPS) is 13.2. The fourth-order valence-corrected chi connectivity index (χ4v) is 2.44. The molecular formula is C12H15BrClNO3. The summed E-state index contributed by atoms with van der Waals surface area (Å²) in [7, 11) is 1.30. The Labute approximate surface area is 119 Å². The number of hydrogen-bond donors (Lipinski definition) is 2. The number of ether oxygens (including phenoxy) is 1. The van der Waals surface area contributed by atoms with Crippen molar-refractivity contribution in [3.8, 4) is 5.75 Å². The van der Waals surface area contributed by atoms with E-state index in [0.717, 1.165) is 0 Å². The Hall–Kier alpha value is -0.780. The van der Waals surface area contributed by atoms with Crippen LogP contribution in [0.25, 0.3) is 0 Å². The number of esters is 1. The van der Waals surface area contributed by atoms with Crippen LogP contribution in [0.5, 0.6) is 5.75 Å².